The Hall–Kier alpha value is -2.26. The lowest BCUT2D eigenvalue weighted by Crippen LogP contribution is -2.51. The monoisotopic (exact) mass is 472 g/mol. The summed E-state index contributed by atoms with van der Waals surface area (Å²) in [5.41, 5.74) is -0.824. The zero-order valence-corrected chi connectivity index (χ0v) is 18.9. The number of carbonyl (C=O) groups is 4. The second-order valence-electron chi connectivity index (χ2n) is 10.8. The fourth-order valence-electron chi connectivity index (χ4n) is 6.00. The number of aliphatic carboxylic acids is 1. The molecule has 7 atom stereocenters. The van der Waals surface area contributed by atoms with Gasteiger partial charge < -0.3 is 19.3 Å². The predicted molar refractivity (Wildman–Crippen MR) is 107 cm³/mol. The van der Waals surface area contributed by atoms with Crippen LogP contribution in [-0.4, -0.2) is 53.2 Å². The maximum atomic E-state index is 14.6. The van der Waals surface area contributed by atoms with Gasteiger partial charge in [0.1, 0.15) is 12.2 Å². The van der Waals surface area contributed by atoms with E-state index in [-0.39, 0.29) is 5.92 Å². The summed E-state index contributed by atoms with van der Waals surface area (Å²) in [4.78, 5) is 49.5. The van der Waals surface area contributed by atoms with Gasteiger partial charge in [0.25, 0.3) is 0 Å². The molecule has 10 heteroatoms. The third-order valence-corrected chi connectivity index (χ3v) is 7.64. The zero-order chi connectivity index (χ0) is 24.3. The first-order valence-corrected chi connectivity index (χ1v) is 11.6. The Kier molecular flexibility index (Phi) is 5.93. The molecular formula is C23H30F2O8. The van der Waals surface area contributed by atoms with Crippen molar-refractivity contribution in [3.05, 3.63) is 0 Å². The predicted octanol–water partition coefficient (Wildman–Crippen LogP) is 2.96. The Morgan fingerprint density at radius 2 is 1.73 bits per heavy atom. The molecule has 0 aromatic heterocycles. The number of halogens is 2. The van der Waals surface area contributed by atoms with Gasteiger partial charge in [-0.05, 0) is 40.0 Å². The van der Waals surface area contributed by atoms with Gasteiger partial charge in [0.05, 0.1) is 17.3 Å². The van der Waals surface area contributed by atoms with Crippen LogP contribution in [0.3, 0.4) is 0 Å². The maximum absolute atomic E-state index is 14.6. The molecule has 7 unspecified atom stereocenters. The van der Waals surface area contributed by atoms with Crippen molar-refractivity contribution in [3.8, 4) is 0 Å². The number of carbonyl (C=O) groups excluding carboxylic acids is 3. The molecule has 8 nitrogen and oxygen atoms in total. The number of esters is 3. The third kappa shape index (κ3) is 3.99. The normalized spacial score (nSPS) is 34.6. The van der Waals surface area contributed by atoms with E-state index in [1.165, 1.54) is 0 Å². The minimum atomic E-state index is -4.26. The average molecular weight is 472 g/mol. The van der Waals surface area contributed by atoms with Crippen LogP contribution in [0.25, 0.3) is 0 Å². The number of rotatable bonds is 6. The van der Waals surface area contributed by atoms with Crippen LogP contribution in [0.5, 0.6) is 0 Å². The lowest BCUT2D eigenvalue weighted by atomic mass is 9.78. The van der Waals surface area contributed by atoms with E-state index in [2.05, 4.69) is 0 Å². The van der Waals surface area contributed by atoms with E-state index in [9.17, 15) is 28.0 Å². The molecule has 0 aromatic carbocycles. The molecule has 4 aliphatic rings. The van der Waals surface area contributed by atoms with Crippen LogP contribution in [0.1, 0.15) is 59.3 Å². The Morgan fingerprint density at radius 3 is 2.30 bits per heavy atom. The quantitative estimate of drug-likeness (QED) is 0.463. The van der Waals surface area contributed by atoms with Crippen LogP contribution in [0.15, 0.2) is 0 Å². The van der Waals surface area contributed by atoms with Crippen molar-refractivity contribution in [2.75, 3.05) is 0 Å². The number of fused-ring (bicyclic) bond motifs is 1. The van der Waals surface area contributed by atoms with Gasteiger partial charge in [-0.15, -0.1) is 0 Å². The molecule has 184 valence electrons. The van der Waals surface area contributed by atoms with Crippen LogP contribution < -0.4 is 0 Å². The standard InChI is InChI=1S/C23H30F2O8/c1-22(2,3)21(30)32-16-12-9-11-13(18(26)31-15(11)16)14(12)19(27)33-17(23(24,25)20(28)29)10-7-5-4-6-8-10/h10-17H,4-9H2,1-3H3,(H,28,29). The van der Waals surface area contributed by atoms with Crippen LogP contribution in [-0.2, 0) is 33.4 Å². The molecule has 1 heterocycles. The summed E-state index contributed by atoms with van der Waals surface area (Å²) in [6.07, 6.45) is -0.495. The summed E-state index contributed by atoms with van der Waals surface area (Å²) in [6.45, 7) is 5.00. The fourth-order valence-corrected chi connectivity index (χ4v) is 6.00. The van der Waals surface area contributed by atoms with Gasteiger partial charge >= 0.3 is 29.8 Å². The minimum Gasteiger partial charge on any atom is -0.477 e. The molecule has 1 N–H and O–H groups in total. The molecule has 4 fully saturated rings. The van der Waals surface area contributed by atoms with Crippen LogP contribution in [0.2, 0.25) is 0 Å². The van der Waals surface area contributed by atoms with Crippen LogP contribution >= 0.6 is 0 Å². The lowest BCUT2D eigenvalue weighted by molar-refractivity contribution is -0.207. The molecule has 3 aliphatic carbocycles. The Morgan fingerprint density at radius 1 is 1.09 bits per heavy atom. The topological polar surface area (TPSA) is 116 Å². The van der Waals surface area contributed by atoms with E-state index >= 15 is 0 Å². The SMILES string of the molecule is CC(C)(C)C(=O)OC1C2CC3C1OC(=O)C3C2C(=O)OC(C1CCCCC1)C(F)(F)C(=O)O. The highest BCUT2D eigenvalue weighted by molar-refractivity contribution is 5.87. The second kappa shape index (κ2) is 8.20. The number of alkyl halides is 2. The molecule has 0 spiro atoms. The summed E-state index contributed by atoms with van der Waals surface area (Å²) < 4.78 is 45.6. The maximum Gasteiger partial charge on any atom is 0.378 e. The van der Waals surface area contributed by atoms with Gasteiger partial charge in [0.15, 0.2) is 6.10 Å². The first-order chi connectivity index (χ1) is 15.3. The van der Waals surface area contributed by atoms with E-state index in [0.717, 1.165) is 6.42 Å². The summed E-state index contributed by atoms with van der Waals surface area (Å²) >= 11 is 0. The highest BCUT2D eigenvalue weighted by atomic mass is 19.3. The molecule has 3 saturated carbocycles. The number of hydrogen-bond acceptors (Lipinski definition) is 7. The number of carboxylic acids is 1. The summed E-state index contributed by atoms with van der Waals surface area (Å²) in [5.74, 6) is -12.6. The molecule has 0 aromatic rings. The largest absolute Gasteiger partial charge is 0.477 e. The minimum absolute atomic E-state index is 0.330. The van der Waals surface area contributed by atoms with Gasteiger partial charge in [-0.3, -0.25) is 14.4 Å². The van der Waals surface area contributed by atoms with E-state index in [1.54, 1.807) is 20.8 Å². The third-order valence-electron chi connectivity index (χ3n) is 7.64. The van der Waals surface area contributed by atoms with Gasteiger partial charge in [-0.25, -0.2) is 4.79 Å². The number of hydrogen-bond donors (Lipinski definition) is 1. The van der Waals surface area contributed by atoms with Crippen molar-refractivity contribution in [1.29, 1.82) is 0 Å². The molecule has 33 heavy (non-hydrogen) atoms. The lowest BCUT2D eigenvalue weighted by Gasteiger charge is -2.36. The van der Waals surface area contributed by atoms with Gasteiger partial charge in [-0.2, -0.15) is 8.78 Å². The Balaban J connectivity index is 1.58. The van der Waals surface area contributed by atoms with E-state index in [4.69, 9.17) is 19.3 Å². The molecule has 0 radical (unpaired) electrons. The van der Waals surface area contributed by atoms with Crippen LogP contribution in [0, 0.1) is 35.0 Å². The summed E-state index contributed by atoms with van der Waals surface area (Å²) in [7, 11) is 0. The summed E-state index contributed by atoms with van der Waals surface area (Å²) in [5, 5.41) is 9.12. The molecule has 4 rings (SSSR count). The fraction of sp³-hybridized carbons (Fsp3) is 0.826. The molecule has 1 aliphatic heterocycles. The van der Waals surface area contributed by atoms with Crippen molar-refractivity contribution < 1.29 is 47.3 Å². The van der Waals surface area contributed by atoms with Crippen molar-refractivity contribution in [2.24, 2.45) is 35.0 Å². The number of carboxylic acid groups (broad SMARTS) is 1. The van der Waals surface area contributed by atoms with Crippen LogP contribution in [0.4, 0.5) is 8.78 Å². The molecule has 2 bridgehead atoms. The zero-order valence-electron chi connectivity index (χ0n) is 18.9. The highest BCUT2D eigenvalue weighted by Gasteiger charge is 2.71. The molecule has 1 saturated heterocycles. The van der Waals surface area contributed by atoms with Crippen molar-refractivity contribution in [1.82, 2.24) is 0 Å². The van der Waals surface area contributed by atoms with E-state index < -0.39 is 77.2 Å². The van der Waals surface area contributed by atoms with Crippen molar-refractivity contribution in [2.45, 2.75) is 83.5 Å². The Bertz CT molecular complexity index is 844. The first kappa shape index (κ1) is 23.9. The van der Waals surface area contributed by atoms with Crippen molar-refractivity contribution >= 4 is 23.9 Å². The highest BCUT2D eigenvalue weighted by Crippen LogP contribution is 2.59. The van der Waals surface area contributed by atoms with E-state index in [0.29, 0.717) is 32.1 Å². The van der Waals surface area contributed by atoms with Gasteiger partial charge in [0.2, 0.25) is 0 Å². The van der Waals surface area contributed by atoms with Gasteiger partial charge in [0, 0.05) is 17.8 Å². The van der Waals surface area contributed by atoms with Gasteiger partial charge in [-0.1, -0.05) is 19.3 Å². The van der Waals surface area contributed by atoms with Crippen molar-refractivity contribution in [3.63, 3.8) is 0 Å². The second-order valence-corrected chi connectivity index (χ2v) is 10.8. The smallest absolute Gasteiger partial charge is 0.378 e. The van der Waals surface area contributed by atoms with E-state index in [1.807, 2.05) is 0 Å². The molecule has 0 amide bonds. The average Bonchev–Trinajstić information content (AvgIpc) is 3.35. The number of ether oxygens (including phenoxy) is 3. The first-order valence-electron chi connectivity index (χ1n) is 11.6. The summed E-state index contributed by atoms with van der Waals surface area (Å²) in [6, 6.07) is 0. The Labute approximate surface area is 190 Å². The molecular weight excluding hydrogens is 442 g/mol.